The van der Waals surface area contributed by atoms with Crippen molar-refractivity contribution in [3.8, 4) is 11.3 Å². The predicted octanol–water partition coefficient (Wildman–Crippen LogP) is 4.22. The molecule has 5 nitrogen and oxygen atoms in total. The third-order valence-corrected chi connectivity index (χ3v) is 5.11. The molecule has 0 radical (unpaired) electrons. The van der Waals surface area contributed by atoms with E-state index in [1.807, 2.05) is 24.1 Å². The minimum Gasteiger partial charge on any atom is -0.361 e. The number of halogens is 2. The summed E-state index contributed by atoms with van der Waals surface area (Å²) in [6.07, 6.45) is 6.66. The van der Waals surface area contributed by atoms with E-state index < -0.39 is 0 Å². The van der Waals surface area contributed by atoms with E-state index in [4.69, 9.17) is 4.52 Å². The van der Waals surface area contributed by atoms with Crippen molar-refractivity contribution < 1.29 is 13.7 Å². The molecule has 1 aliphatic heterocycles. The summed E-state index contributed by atoms with van der Waals surface area (Å²) in [4.78, 5) is 14.0. The van der Waals surface area contributed by atoms with Gasteiger partial charge in [-0.3, -0.25) is 4.79 Å². The maximum absolute atomic E-state index is 13.3. The molecule has 154 valence electrons. The zero-order chi connectivity index (χ0) is 19.1. The number of rotatable bonds is 9. The van der Waals surface area contributed by atoms with E-state index in [0.717, 1.165) is 56.5 Å². The van der Waals surface area contributed by atoms with E-state index in [9.17, 15) is 9.18 Å². The molecule has 0 spiro atoms. The molecule has 0 bridgehead atoms. The van der Waals surface area contributed by atoms with Crippen molar-refractivity contribution in [3.05, 3.63) is 41.9 Å². The van der Waals surface area contributed by atoms with E-state index in [1.54, 1.807) is 6.07 Å². The van der Waals surface area contributed by atoms with E-state index >= 15 is 0 Å². The molecule has 0 saturated carbocycles. The SMILES string of the molecule is CN(CCCCCc1cc(-c2cccc(F)c2)no1)C(=O)CC1CCCN1.Cl. The van der Waals surface area contributed by atoms with Gasteiger partial charge in [-0.05, 0) is 44.4 Å². The quantitative estimate of drug-likeness (QED) is 0.630. The second-order valence-electron chi connectivity index (χ2n) is 7.31. The summed E-state index contributed by atoms with van der Waals surface area (Å²) in [7, 11) is 1.89. The van der Waals surface area contributed by atoms with Gasteiger partial charge in [0.1, 0.15) is 17.3 Å². The molecule has 1 atom stereocenters. The number of carbonyl (C=O) groups excluding carboxylic acids is 1. The fourth-order valence-corrected chi connectivity index (χ4v) is 3.46. The van der Waals surface area contributed by atoms with Crippen LogP contribution in [0.3, 0.4) is 0 Å². The number of carbonyl (C=O) groups is 1. The number of hydrogen-bond acceptors (Lipinski definition) is 4. The molecular weight excluding hydrogens is 381 g/mol. The van der Waals surface area contributed by atoms with Crippen LogP contribution in [0.1, 0.15) is 44.3 Å². The largest absolute Gasteiger partial charge is 0.361 e. The van der Waals surface area contributed by atoms with Gasteiger partial charge in [0.15, 0.2) is 0 Å². The summed E-state index contributed by atoms with van der Waals surface area (Å²) in [6.45, 7) is 1.82. The number of aryl methyl sites for hydroxylation is 1. The molecule has 2 aromatic rings. The zero-order valence-corrected chi connectivity index (χ0v) is 17.1. The topological polar surface area (TPSA) is 58.4 Å². The second-order valence-corrected chi connectivity index (χ2v) is 7.31. The maximum Gasteiger partial charge on any atom is 0.223 e. The van der Waals surface area contributed by atoms with Crippen LogP contribution in [0.25, 0.3) is 11.3 Å². The molecule has 2 heterocycles. The first-order valence-corrected chi connectivity index (χ1v) is 9.81. The van der Waals surface area contributed by atoms with Crippen molar-refractivity contribution in [1.82, 2.24) is 15.4 Å². The Morgan fingerprint density at radius 1 is 1.32 bits per heavy atom. The Morgan fingerprint density at radius 3 is 2.93 bits per heavy atom. The number of unbranched alkanes of at least 4 members (excludes halogenated alkanes) is 2. The molecule has 1 aromatic heterocycles. The van der Waals surface area contributed by atoms with Gasteiger partial charge < -0.3 is 14.7 Å². The maximum atomic E-state index is 13.3. The minimum absolute atomic E-state index is 0. The van der Waals surface area contributed by atoms with Crippen molar-refractivity contribution in [3.63, 3.8) is 0 Å². The van der Waals surface area contributed by atoms with Gasteiger partial charge in [0, 0.05) is 44.1 Å². The fraction of sp³-hybridized carbons (Fsp3) is 0.524. The third kappa shape index (κ3) is 6.60. The molecule has 1 fully saturated rings. The van der Waals surface area contributed by atoms with Crippen LogP contribution in [0, 0.1) is 5.82 Å². The number of hydrogen-bond donors (Lipinski definition) is 1. The molecular formula is C21H29ClFN3O2. The second kappa shape index (κ2) is 11.2. The highest BCUT2D eigenvalue weighted by Gasteiger charge is 2.19. The third-order valence-electron chi connectivity index (χ3n) is 5.11. The summed E-state index contributed by atoms with van der Waals surface area (Å²) in [5.74, 6) is 0.759. The Morgan fingerprint density at radius 2 is 2.18 bits per heavy atom. The molecule has 1 amide bonds. The Bertz CT molecular complexity index is 747. The lowest BCUT2D eigenvalue weighted by Crippen LogP contribution is -2.33. The summed E-state index contributed by atoms with van der Waals surface area (Å²) >= 11 is 0. The first-order chi connectivity index (χ1) is 13.1. The van der Waals surface area contributed by atoms with Crippen LogP contribution in [0.2, 0.25) is 0 Å². The zero-order valence-electron chi connectivity index (χ0n) is 16.3. The molecule has 1 unspecified atom stereocenters. The van der Waals surface area contributed by atoms with E-state index in [1.165, 1.54) is 18.6 Å². The lowest BCUT2D eigenvalue weighted by molar-refractivity contribution is -0.130. The van der Waals surface area contributed by atoms with E-state index in [0.29, 0.717) is 18.2 Å². The first-order valence-electron chi connectivity index (χ1n) is 9.81. The summed E-state index contributed by atoms with van der Waals surface area (Å²) in [6, 6.07) is 8.59. The van der Waals surface area contributed by atoms with Crippen molar-refractivity contribution in [1.29, 1.82) is 0 Å². The van der Waals surface area contributed by atoms with Crippen molar-refractivity contribution in [2.75, 3.05) is 20.1 Å². The summed E-state index contributed by atoms with van der Waals surface area (Å²) in [5, 5.41) is 7.40. The molecule has 1 aliphatic rings. The Balaban J connectivity index is 0.00000280. The molecule has 7 heteroatoms. The van der Waals surface area contributed by atoms with Gasteiger partial charge in [0.25, 0.3) is 0 Å². The minimum atomic E-state index is -0.278. The van der Waals surface area contributed by atoms with Crippen LogP contribution in [-0.2, 0) is 11.2 Å². The predicted molar refractivity (Wildman–Crippen MR) is 110 cm³/mol. The highest BCUT2D eigenvalue weighted by atomic mass is 35.5. The Kier molecular flexibility index (Phi) is 8.93. The van der Waals surface area contributed by atoms with Crippen molar-refractivity contribution >= 4 is 18.3 Å². The summed E-state index contributed by atoms with van der Waals surface area (Å²) < 4.78 is 18.6. The highest BCUT2D eigenvalue weighted by Crippen LogP contribution is 2.21. The van der Waals surface area contributed by atoms with Gasteiger partial charge >= 0.3 is 0 Å². The molecule has 28 heavy (non-hydrogen) atoms. The first kappa shape index (κ1) is 22.4. The van der Waals surface area contributed by atoms with Crippen LogP contribution in [0.5, 0.6) is 0 Å². The van der Waals surface area contributed by atoms with Crippen molar-refractivity contribution in [2.45, 2.75) is 51.0 Å². The van der Waals surface area contributed by atoms with Gasteiger partial charge in [-0.2, -0.15) is 0 Å². The van der Waals surface area contributed by atoms with Gasteiger partial charge in [-0.1, -0.05) is 23.7 Å². The smallest absolute Gasteiger partial charge is 0.223 e. The highest BCUT2D eigenvalue weighted by molar-refractivity contribution is 5.85. The molecule has 1 N–H and O–H groups in total. The number of nitrogens with zero attached hydrogens (tertiary/aromatic N) is 2. The monoisotopic (exact) mass is 409 g/mol. The van der Waals surface area contributed by atoms with E-state index in [-0.39, 0.29) is 24.1 Å². The van der Waals surface area contributed by atoms with Crippen LogP contribution in [0.4, 0.5) is 4.39 Å². The average molecular weight is 410 g/mol. The molecule has 1 saturated heterocycles. The van der Waals surface area contributed by atoms with Gasteiger partial charge in [0.05, 0.1) is 0 Å². The van der Waals surface area contributed by atoms with Crippen LogP contribution in [0.15, 0.2) is 34.9 Å². The molecule has 3 rings (SSSR count). The van der Waals surface area contributed by atoms with Crippen molar-refractivity contribution in [2.24, 2.45) is 0 Å². The van der Waals surface area contributed by atoms with Crippen LogP contribution >= 0.6 is 12.4 Å². The van der Waals surface area contributed by atoms with Gasteiger partial charge in [0.2, 0.25) is 5.91 Å². The summed E-state index contributed by atoms with van der Waals surface area (Å²) in [5.41, 5.74) is 1.39. The van der Waals surface area contributed by atoms with Crippen LogP contribution < -0.4 is 5.32 Å². The van der Waals surface area contributed by atoms with Gasteiger partial charge in [-0.15, -0.1) is 12.4 Å². The average Bonchev–Trinajstić information content (AvgIpc) is 3.33. The van der Waals surface area contributed by atoms with E-state index in [2.05, 4.69) is 10.5 Å². The number of amides is 1. The van der Waals surface area contributed by atoms with Crippen LogP contribution in [-0.4, -0.2) is 42.1 Å². The number of aromatic nitrogens is 1. The standard InChI is InChI=1S/C21H28FN3O2.ClH/c1-25(21(26)14-18-9-6-11-23-18)12-4-2-3-10-19-15-20(24-27-19)16-7-5-8-17(22)13-16;/h5,7-8,13,15,18,23H,2-4,6,9-12,14H2,1H3;1H. The Hall–Kier alpha value is -1.92. The fourth-order valence-electron chi connectivity index (χ4n) is 3.46. The Labute approximate surface area is 172 Å². The lowest BCUT2D eigenvalue weighted by atomic mass is 10.1. The molecule has 0 aliphatic carbocycles. The molecule has 1 aromatic carbocycles. The normalized spacial score (nSPS) is 16.0. The number of nitrogens with one attached hydrogen (secondary N) is 1. The van der Waals surface area contributed by atoms with Gasteiger partial charge in [-0.25, -0.2) is 4.39 Å². The lowest BCUT2D eigenvalue weighted by Gasteiger charge is -2.19. The number of benzene rings is 1.